The second-order valence-corrected chi connectivity index (χ2v) is 6.27. The number of pyridine rings is 1. The SMILES string of the molecule is CC(CNCCc1ccc(C(=O)N(C)C)cc1)c1ccc(N)nc1. The van der Waals surface area contributed by atoms with Crippen molar-refractivity contribution in [2.45, 2.75) is 19.3 Å². The van der Waals surface area contributed by atoms with Crippen LogP contribution in [0.5, 0.6) is 0 Å². The molecule has 5 heteroatoms. The molecule has 0 saturated heterocycles. The Balaban J connectivity index is 1.76. The molecule has 0 spiro atoms. The minimum Gasteiger partial charge on any atom is -0.384 e. The summed E-state index contributed by atoms with van der Waals surface area (Å²) in [4.78, 5) is 17.6. The second kappa shape index (κ2) is 8.45. The van der Waals surface area contributed by atoms with Crippen molar-refractivity contribution in [1.82, 2.24) is 15.2 Å². The van der Waals surface area contributed by atoms with Crippen LogP contribution in [0.25, 0.3) is 0 Å². The van der Waals surface area contributed by atoms with E-state index in [1.807, 2.05) is 42.6 Å². The highest BCUT2D eigenvalue weighted by Crippen LogP contribution is 2.14. The third-order valence-electron chi connectivity index (χ3n) is 4.03. The number of amides is 1. The molecule has 24 heavy (non-hydrogen) atoms. The normalized spacial score (nSPS) is 12.0. The van der Waals surface area contributed by atoms with Crippen LogP contribution in [-0.4, -0.2) is 43.0 Å². The van der Waals surface area contributed by atoms with Gasteiger partial charge in [0.1, 0.15) is 5.82 Å². The van der Waals surface area contributed by atoms with Crippen LogP contribution in [-0.2, 0) is 6.42 Å². The maximum absolute atomic E-state index is 11.8. The van der Waals surface area contributed by atoms with Crippen molar-refractivity contribution in [1.29, 1.82) is 0 Å². The molecule has 2 aromatic rings. The van der Waals surface area contributed by atoms with Crippen molar-refractivity contribution in [3.8, 4) is 0 Å². The van der Waals surface area contributed by atoms with Crippen molar-refractivity contribution >= 4 is 11.7 Å². The van der Waals surface area contributed by atoms with Crippen molar-refractivity contribution in [3.63, 3.8) is 0 Å². The van der Waals surface area contributed by atoms with Crippen molar-refractivity contribution in [2.75, 3.05) is 32.9 Å². The fraction of sp³-hybridized carbons (Fsp3) is 0.368. The number of nitrogens with two attached hydrogens (primary N) is 1. The predicted molar refractivity (Wildman–Crippen MR) is 98.1 cm³/mol. The Hall–Kier alpha value is -2.40. The largest absolute Gasteiger partial charge is 0.384 e. The van der Waals surface area contributed by atoms with E-state index in [1.54, 1.807) is 19.0 Å². The average molecular weight is 326 g/mol. The van der Waals surface area contributed by atoms with Crippen LogP contribution in [0.15, 0.2) is 42.6 Å². The van der Waals surface area contributed by atoms with Crippen LogP contribution >= 0.6 is 0 Å². The zero-order chi connectivity index (χ0) is 17.5. The molecule has 0 aliphatic rings. The van der Waals surface area contributed by atoms with Crippen LogP contribution in [0, 0.1) is 0 Å². The van der Waals surface area contributed by atoms with E-state index in [0.29, 0.717) is 11.7 Å². The molecule has 0 aliphatic carbocycles. The van der Waals surface area contributed by atoms with E-state index >= 15 is 0 Å². The van der Waals surface area contributed by atoms with Crippen LogP contribution in [0.3, 0.4) is 0 Å². The second-order valence-electron chi connectivity index (χ2n) is 6.27. The van der Waals surface area contributed by atoms with E-state index in [2.05, 4.69) is 17.2 Å². The lowest BCUT2D eigenvalue weighted by Crippen LogP contribution is -2.23. The van der Waals surface area contributed by atoms with Gasteiger partial charge in [0.15, 0.2) is 0 Å². The first-order chi connectivity index (χ1) is 11.5. The molecule has 0 fully saturated rings. The number of carbonyl (C=O) groups excluding carboxylic acids is 1. The molecule has 3 N–H and O–H groups in total. The first-order valence-electron chi connectivity index (χ1n) is 8.20. The zero-order valence-electron chi connectivity index (χ0n) is 14.6. The summed E-state index contributed by atoms with van der Waals surface area (Å²) in [7, 11) is 3.52. The molecule has 5 nitrogen and oxygen atoms in total. The molecule has 1 unspecified atom stereocenters. The number of carbonyl (C=O) groups is 1. The Morgan fingerprint density at radius 1 is 1.21 bits per heavy atom. The molecule has 128 valence electrons. The summed E-state index contributed by atoms with van der Waals surface area (Å²) in [6, 6.07) is 11.7. The van der Waals surface area contributed by atoms with Crippen LogP contribution in [0.1, 0.15) is 34.3 Å². The maximum Gasteiger partial charge on any atom is 0.253 e. The van der Waals surface area contributed by atoms with Gasteiger partial charge in [0.25, 0.3) is 5.91 Å². The van der Waals surface area contributed by atoms with Gasteiger partial charge in [-0.05, 0) is 48.2 Å². The number of aromatic nitrogens is 1. The molecule has 1 amide bonds. The Morgan fingerprint density at radius 3 is 2.50 bits per heavy atom. The summed E-state index contributed by atoms with van der Waals surface area (Å²) >= 11 is 0. The lowest BCUT2D eigenvalue weighted by molar-refractivity contribution is 0.0827. The van der Waals surface area contributed by atoms with Gasteiger partial charge < -0.3 is 16.0 Å². The van der Waals surface area contributed by atoms with Crippen LogP contribution < -0.4 is 11.1 Å². The molecular formula is C19H26N4O. The van der Waals surface area contributed by atoms with E-state index in [9.17, 15) is 4.79 Å². The number of rotatable bonds is 7. The van der Waals surface area contributed by atoms with Crippen LogP contribution in [0.4, 0.5) is 5.82 Å². The monoisotopic (exact) mass is 326 g/mol. The van der Waals surface area contributed by atoms with Gasteiger partial charge in [-0.25, -0.2) is 4.98 Å². The molecule has 1 aromatic carbocycles. The molecule has 1 aromatic heterocycles. The van der Waals surface area contributed by atoms with Crippen molar-refractivity contribution < 1.29 is 4.79 Å². The summed E-state index contributed by atoms with van der Waals surface area (Å²) in [5, 5.41) is 3.47. The van der Waals surface area contributed by atoms with Gasteiger partial charge in [-0.1, -0.05) is 25.1 Å². The third-order valence-corrected chi connectivity index (χ3v) is 4.03. The maximum atomic E-state index is 11.8. The highest BCUT2D eigenvalue weighted by Gasteiger charge is 2.08. The summed E-state index contributed by atoms with van der Waals surface area (Å²) in [6.45, 7) is 3.96. The van der Waals surface area contributed by atoms with E-state index < -0.39 is 0 Å². The molecule has 1 atom stereocenters. The topological polar surface area (TPSA) is 71.2 Å². The van der Waals surface area contributed by atoms with E-state index in [0.717, 1.165) is 25.1 Å². The van der Waals surface area contributed by atoms with Gasteiger partial charge in [0, 0.05) is 32.4 Å². The molecule has 1 heterocycles. The Bertz CT molecular complexity index is 650. The van der Waals surface area contributed by atoms with Crippen molar-refractivity contribution in [3.05, 3.63) is 59.3 Å². The number of hydrogen-bond donors (Lipinski definition) is 2. The smallest absolute Gasteiger partial charge is 0.253 e. The first kappa shape index (κ1) is 17.9. The van der Waals surface area contributed by atoms with Gasteiger partial charge in [0.2, 0.25) is 0 Å². The van der Waals surface area contributed by atoms with Gasteiger partial charge >= 0.3 is 0 Å². The van der Waals surface area contributed by atoms with E-state index in [1.165, 1.54) is 11.1 Å². The average Bonchev–Trinajstić information content (AvgIpc) is 2.59. The van der Waals surface area contributed by atoms with Gasteiger partial charge in [-0.15, -0.1) is 0 Å². The Morgan fingerprint density at radius 2 is 1.92 bits per heavy atom. The van der Waals surface area contributed by atoms with Gasteiger partial charge in [-0.3, -0.25) is 4.79 Å². The lowest BCUT2D eigenvalue weighted by atomic mass is 10.0. The zero-order valence-corrected chi connectivity index (χ0v) is 14.6. The highest BCUT2D eigenvalue weighted by atomic mass is 16.2. The summed E-state index contributed by atoms with van der Waals surface area (Å²) in [5.41, 5.74) is 8.74. The standard InChI is InChI=1S/C19H26N4O/c1-14(17-8-9-18(20)22-13-17)12-21-11-10-15-4-6-16(7-5-15)19(24)23(2)3/h4-9,13-14,21H,10-12H2,1-3H3,(H2,20,22). The quantitative estimate of drug-likeness (QED) is 0.766. The lowest BCUT2D eigenvalue weighted by Gasteiger charge is -2.13. The fourth-order valence-electron chi connectivity index (χ4n) is 2.45. The fourth-order valence-corrected chi connectivity index (χ4v) is 2.45. The minimum atomic E-state index is 0.0330. The molecule has 0 bridgehead atoms. The number of benzene rings is 1. The van der Waals surface area contributed by atoms with E-state index in [-0.39, 0.29) is 5.91 Å². The summed E-state index contributed by atoms with van der Waals surface area (Å²) in [6.07, 6.45) is 2.77. The molecular weight excluding hydrogens is 300 g/mol. The van der Waals surface area contributed by atoms with E-state index in [4.69, 9.17) is 5.73 Å². The minimum absolute atomic E-state index is 0.0330. The Labute approximate surface area is 143 Å². The number of anilines is 1. The van der Waals surface area contributed by atoms with Crippen molar-refractivity contribution in [2.24, 2.45) is 0 Å². The number of hydrogen-bond acceptors (Lipinski definition) is 4. The Kier molecular flexibility index (Phi) is 6.32. The first-order valence-corrected chi connectivity index (χ1v) is 8.20. The molecule has 0 aliphatic heterocycles. The number of nitrogens with one attached hydrogen (secondary N) is 1. The molecule has 0 radical (unpaired) electrons. The summed E-state index contributed by atoms with van der Waals surface area (Å²) in [5.74, 6) is 0.971. The van der Waals surface area contributed by atoms with Crippen LogP contribution in [0.2, 0.25) is 0 Å². The van der Waals surface area contributed by atoms with Gasteiger partial charge in [-0.2, -0.15) is 0 Å². The highest BCUT2D eigenvalue weighted by molar-refractivity contribution is 5.93. The van der Waals surface area contributed by atoms with Gasteiger partial charge in [0.05, 0.1) is 0 Å². The molecule has 2 rings (SSSR count). The number of nitrogens with zero attached hydrogens (tertiary/aromatic N) is 2. The predicted octanol–water partition coefficient (Wildman–Crippen LogP) is 2.30. The third kappa shape index (κ3) is 5.06. The summed E-state index contributed by atoms with van der Waals surface area (Å²) < 4.78 is 0. The molecule has 0 saturated carbocycles. The number of nitrogen functional groups attached to an aromatic ring is 1.